The van der Waals surface area contributed by atoms with Gasteiger partial charge in [-0.2, -0.15) is 0 Å². The molecule has 4 heteroatoms. The van der Waals surface area contributed by atoms with Gasteiger partial charge in [0.25, 0.3) is 5.56 Å². The van der Waals surface area contributed by atoms with Crippen molar-refractivity contribution >= 4 is 5.97 Å². The average molecular weight is 347 g/mol. The topological polar surface area (TPSA) is 59.2 Å². The summed E-state index contributed by atoms with van der Waals surface area (Å²) < 4.78 is 5.05. The Hall–Kier alpha value is -3.14. The lowest BCUT2D eigenvalue weighted by Gasteiger charge is -2.07. The smallest absolute Gasteiger partial charge is 0.338 e. The number of aromatic amines is 1. The van der Waals surface area contributed by atoms with E-state index < -0.39 is 0 Å². The van der Waals surface area contributed by atoms with E-state index in [1.807, 2.05) is 42.5 Å². The highest BCUT2D eigenvalue weighted by Crippen LogP contribution is 2.14. The summed E-state index contributed by atoms with van der Waals surface area (Å²) >= 11 is 0. The zero-order valence-corrected chi connectivity index (χ0v) is 14.7. The zero-order chi connectivity index (χ0) is 18.4. The summed E-state index contributed by atoms with van der Waals surface area (Å²) in [5, 5.41) is 0. The lowest BCUT2D eigenvalue weighted by molar-refractivity contribution is 0.0526. The molecule has 0 radical (unpaired) electrons. The molecule has 1 aromatic heterocycles. The molecule has 132 valence electrons. The highest BCUT2D eigenvalue weighted by molar-refractivity contribution is 5.89. The lowest BCUT2D eigenvalue weighted by atomic mass is 10.00. The molecule has 0 aliphatic carbocycles. The molecule has 0 atom stereocenters. The second-order valence-corrected chi connectivity index (χ2v) is 6.12. The monoisotopic (exact) mass is 347 g/mol. The van der Waals surface area contributed by atoms with Crippen LogP contribution in [-0.2, 0) is 17.6 Å². The Balaban J connectivity index is 1.70. The van der Waals surface area contributed by atoms with Crippen LogP contribution in [0.3, 0.4) is 0 Å². The molecule has 26 heavy (non-hydrogen) atoms. The van der Waals surface area contributed by atoms with Gasteiger partial charge in [-0.25, -0.2) is 4.79 Å². The highest BCUT2D eigenvalue weighted by atomic mass is 16.5. The number of rotatable bonds is 6. The standard InChI is InChI=1S/C22H21NO3/c1-2-26-22(25)20-6-3-5-18(15-20)13-16-8-10-17(11-9-16)14-19-7-4-12-23-21(19)24/h3-12,15H,2,13-14H2,1H3,(H,23,24). The number of pyridine rings is 1. The van der Waals surface area contributed by atoms with Crippen LogP contribution in [0, 0.1) is 0 Å². The predicted molar refractivity (Wildman–Crippen MR) is 102 cm³/mol. The van der Waals surface area contributed by atoms with E-state index in [1.54, 1.807) is 19.2 Å². The summed E-state index contributed by atoms with van der Waals surface area (Å²) in [7, 11) is 0. The van der Waals surface area contributed by atoms with Crippen LogP contribution in [0.4, 0.5) is 0 Å². The van der Waals surface area contributed by atoms with Gasteiger partial charge in [0, 0.05) is 18.2 Å². The fourth-order valence-corrected chi connectivity index (χ4v) is 2.85. The van der Waals surface area contributed by atoms with Crippen molar-refractivity contribution in [2.75, 3.05) is 6.61 Å². The second-order valence-electron chi connectivity index (χ2n) is 6.12. The summed E-state index contributed by atoms with van der Waals surface area (Å²) in [5.74, 6) is -0.294. The molecule has 4 nitrogen and oxygen atoms in total. The van der Waals surface area contributed by atoms with Gasteiger partial charge in [-0.1, -0.05) is 42.5 Å². The van der Waals surface area contributed by atoms with Gasteiger partial charge in [0.05, 0.1) is 12.2 Å². The third kappa shape index (κ3) is 4.48. The summed E-state index contributed by atoms with van der Waals surface area (Å²) in [6, 6.07) is 19.4. The van der Waals surface area contributed by atoms with Crippen molar-refractivity contribution in [3.05, 3.63) is 105 Å². The van der Waals surface area contributed by atoms with Crippen molar-refractivity contribution in [1.82, 2.24) is 4.98 Å². The van der Waals surface area contributed by atoms with Gasteiger partial charge in [-0.05, 0) is 48.2 Å². The molecule has 3 aromatic rings. The number of H-pyrrole nitrogens is 1. The van der Waals surface area contributed by atoms with Crippen LogP contribution in [-0.4, -0.2) is 17.6 Å². The third-order valence-corrected chi connectivity index (χ3v) is 4.16. The van der Waals surface area contributed by atoms with E-state index >= 15 is 0 Å². The number of hydrogen-bond acceptors (Lipinski definition) is 3. The van der Waals surface area contributed by atoms with Crippen molar-refractivity contribution in [3.63, 3.8) is 0 Å². The molecule has 0 bridgehead atoms. The van der Waals surface area contributed by atoms with Crippen LogP contribution < -0.4 is 5.56 Å². The highest BCUT2D eigenvalue weighted by Gasteiger charge is 2.07. The minimum absolute atomic E-state index is 0.0487. The fourth-order valence-electron chi connectivity index (χ4n) is 2.85. The van der Waals surface area contributed by atoms with E-state index in [4.69, 9.17) is 4.74 Å². The van der Waals surface area contributed by atoms with Crippen LogP contribution in [0.1, 0.15) is 39.5 Å². The first kappa shape index (κ1) is 17.7. The Morgan fingerprint density at radius 2 is 1.65 bits per heavy atom. The first-order valence-corrected chi connectivity index (χ1v) is 8.66. The quantitative estimate of drug-likeness (QED) is 0.691. The molecule has 3 rings (SSSR count). The van der Waals surface area contributed by atoms with Gasteiger partial charge >= 0.3 is 5.97 Å². The van der Waals surface area contributed by atoms with Crippen LogP contribution in [0.2, 0.25) is 0 Å². The molecule has 0 aliphatic heterocycles. The number of aromatic nitrogens is 1. The molecule has 0 saturated carbocycles. The van der Waals surface area contributed by atoms with Gasteiger partial charge in [0.1, 0.15) is 0 Å². The van der Waals surface area contributed by atoms with E-state index in [-0.39, 0.29) is 11.5 Å². The van der Waals surface area contributed by atoms with Gasteiger partial charge < -0.3 is 9.72 Å². The molecule has 0 aliphatic rings. The minimum atomic E-state index is -0.294. The third-order valence-electron chi connectivity index (χ3n) is 4.16. The van der Waals surface area contributed by atoms with Gasteiger partial charge in [0.2, 0.25) is 0 Å². The Kier molecular flexibility index (Phi) is 5.64. The Labute approximate surface area is 152 Å². The van der Waals surface area contributed by atoms with Crippen molar-refractivity contribution < 1.29 is 9.53 Å². The predicted octanol–water partition coefficient (Wildman–Crippen LogP) is 3.73. The molecular weight excluding hydrogens is 326 g/mol. The summed E-state index contributed by atoms with van der Waals surface area (Å²) in [6.45, 7) is 2.17. The van der Waals surface area contributed by atoms with Crippen molar-refractivity contribution in [2.24, 2.45) is 0 Å². The number of ether oxygens (including phenoxy) is 1. The molecule has 0 spiro atoms. The van der Waals surface area contributed by atoms with Crippen LogP contribution in [0.25, 0.3) is 0 Å². The maximum absolute atomic E-state index is 11.8. The van der Waals surface area contributed by atoms with Crippen LogP contribution >= 0.6 is 0 Å². The molecule has 2 aromatic carbocycles. The molecule has 0 amide bonds. The van der Waals surface area contributed by atoms with Gasteiger partial charge in [0.15, 0.2) is 0 Å². The Morgan fingerprint density at radius 1 is 0.923 bits per heavy atom. The van der Waals surface area contributed by atoms with E-state index in [2.05, 4.69) is 17.1 Å². The maximum Gasteiger partial charge on any atom is 0.338 e. The molecular formula is C22H21NO3. The normalized spacial score (nSPS) is 10.5. The number of hydrogen-bond donors (Lipinski definition) is 1. The first-order valence-electron chi connectivity index (χ1n) is 8.66. The molecule has 0 saturated heterocycles. The lowest BCUT2D eigenvalue weighted by Crippen LogP contribution is -2.11. The molecule has 0 fully saturated rings. The fraction of sp³-hybridized carbons (Fsp3) is 0.182. The van der Waals surface area contributed by atoms with Crippen LogP contribution in [0.15, 0.2) is 71.7 Å². The Morgan fingerprint density at radius 3 is 2.35 bits per heavy atom. The first-order chi connectivity index (χ1) is 12.7. The number of esters is 1. The number of carbonyl (C=O) groups excluding carboxylic acids is 1. The van der Waals surface area contributed by atoms with Crippen molar-refractivity contribution in [1.29, 1.82) is 0 Å². The molecule has 1 N–H and O–H groups in total. The largest absolute Gasteiger partial charge is 0.462 e. The summed E-state index contributed by atoms with van der Waals surface area (Å²) in [4.78, 5) is 26.3. The zero-order valence-electron chi connectivity index (χ0n) is 14.7. The molecule has 0 unspecified atom stereocenters. The van der Waals surface area contributed by atoms with E-state index in [0.717, 1.165) is 28.7 Å². The summed E-state index contributed by atoms with van der Waals surface area (Å²) in [6.07, 6.45) is 2.98. The SMILES string of the molecule is CCOC(=O)c1cccc(Cc2ccc(Cc3ccc[nH]c3=O)cc2)c1. The van der Waals surface area contributed by atoms with E-state index in [9.17, 15) is 9.59 Å². The van der Waals surface area contributed by atoms with Crippen molar-refractivity contribution in [2.45, 2.75) is 19.8 Å². The van der Waals surface area contributed by atoms with E-state index in [0.29, 0.717) is 18.6 Å². The second kappa shape index (κ2) is 8.30. The Bertz CT molecular complexity index is 942. The average Bonchev–Trinajstić information content (AvgIpc) is 2.66. The minimum Gasteiger partial charge on any atom is -0.462 e. The van der Waals surface area contributed by atoms with Crippen LogP contribution in [0.5, 0.6) is 0 Å². The summed E-state index contributed by atoms with van der Waals surface area (Å²) in [5.41, 5.74) is 4.57. The van der Waals surface area contributed by atoms with E-state index in [1.165, 1.54) is 0 Å². The number of carbonyl (C=O) groups is 1. The molecule has 1 heterocycles. The van der Waals surface area contributed by atoms with Crippen molar-refractivity contribution in [3.8, 4) is 0 Å². The van der Waals surface area contributed by atoms with Gasteiger partial charge in [-0.3, -0.25) is 4.79 Å². The number of nitrogens with one attached hydrogen (secondary N) is 1. The maximum atomic E-state index is 11.8. The van der Waals surface area contributed by atoms with Gasteiger partial charge in [-0.15, -0.1) is 0 Å². The number of benzene rings is 2.